The van der Waals surface area contributed by atoms with E-state index in [0.29, 0.717) is 0 Å². The lowest BCUT2D eigenvalue weighted by Gasteiger charge is -2.33. The number of fused-ring (bicyclic) bond motifs is 7. The number of hydrogen-bond acceptors (Lipinski definition) is 4. The number of aromatic nitrogens is 1. The zero-order chi connectivity index (χ0) is 36.0. The van der Waals surface area contributed by atoms with Gasteiger partial charge in [0, 0.05) is 52.6 Å². The fourth-order valence-electron chi connectivity index (χ4n) is 8.73. The molecule has 1 unspecified atom stereocenters. The summed E-state index contributed by atoms with van der Waals surface area (Å²) in [4.78, 5) is 10.9. The van der Waals surface area contributed by atoms with Crippen LogP contribution in [0.5, 0.6) is 0 Å². The molecule has 2 aliphatic heterocycles. The van der Waals surface area contributed by atoms with Crippen molar-refractivity contribution in [2.24, 2.45) is 10.4 Å². The summed E-state index contributed by atoms with van der Waals surface area (Å²) in [5.74, 6) is 0. The normalized spacial score (nSPS) is 17.2. The zero-order valence-electron chi connectivity index (χ0n) is 29.9. The fourth-order valence-corrected chi connectivity index (χ4v) is 11.0. The second-order valence-electron chi connectivity index (χ2n) is 14.8. The monoisotopic (exact) mass is 729 g/mol. The Morgan fingerprint density at radius 3 is 1.98 bits per heavy atom. The Bertz CT molecular complexity index is 2930. The van der Waals surface area contributed by atoms with Gasteiger partial charge in [-0.3, -0.25) is 0 Å². The Balaban J connectivity index is 1.10. The third-order valence-corrected chi connectivity index (χ3v) is 13.8. The van der Waals surface area contributed by atoms with Crippen LogP contribution in [0, 0.1) is 5.41 Å². The van der Waals surface area contributed by atoms with Crippen molar-refractivity contribution in [3.05, 3.63) is 186 Å². The van der Waals surface area contributed by atoms with Gasteiger partial charge in [-0.25, -0.2) is 4.99 Å². The van der Waals surface area contributed by atoms with Crippen molar-refractivity contribution in [1.29, 1.82) is 0 Å². The van der Waals surface area contributed by atoms with E-state index >= 15 is 0 Å². The van der Waals surface area contributed by atoms with Crippen molar-refractivity contribution >= 4 is 67.4 Å². The van der Waals surface area contributed by atoms with Crippen LogP contribution in [0.15, 0.2) is 200 Å². The lowest BCUT2D eigenvalue weighted by molar-refractivity contribution is 0.476. The van der Waals surface area contributed by atoms with E-state index in [4.69, 9.17) is 4.99 Å². The lowest BCUT2D eigenvalue weighted by Crippen LogP contribution is -2.34. The van der Waals surface area contributed by atoms with Gasteiger partial charge in [-0.2, -0.15) is 0 Å². The van der Waals surface area contributed by atoms with Gasteiger partial charge in [0.1, 0.15) is 0 Å². The van der Waals surface area contributed by atoms with Crippen LogP contribution in [0.1, 0.15) is 31.3 Å². The molecule has 1 aliphatic carbocycles. The summed E-state index contributed by atoms with van der Waals surface area (Å²) in [6.45, 7) is 4.67. The van der Waals surface area contributed by atoms with Crippen molar-refractivity contribution in [2.45, 2.75) is 39.7 Å². The van der Waals surface area contributed by atoms with E-state index < -0.39 is 0 Å². The quantitative estimate of drug-likeness (QED) is 0.196. The van der Waals surface area contributed by atoms with Gasteiger partial charge in [0.2, 0.25) is 6.29 Å². The molecule has 0 saturated carbocycles. The molecule has 0 spiro atoms. The van der Waals surface area contributed by atoms with Crippen LogP contribution in [0.3, 0.4) is 0 Å². The van der Waals surface area contributed by atoms with Crippen LogP contribution in [0.4, 0.5) is 0 Å². The highest BCUT2D eigenvalue weighted by Gasteiger charge is 2.42. The second kappa shape index (κ2) is 12.1. The second-order valence-corrected chi connectivity index (χ2v) is 17.0. The van der Waals surface area contributed by atoms with Crippen LogP contribution in [0.2, 0.25) is 0 Å². The summed E-state index contributed by atoms with van der Waals surface area (Å²) in [6, 6.07) is 57.4. The maximum Gasteiger partial charge on any atom is 0.201 e. The number of nitrogens with one attached hydrogen (secondary N) is 1. The van der Waals surface area contributed by atoms with Crippen molar-refractivity contribution in [2.75, 3.05) is 0 Å². The van der Waals surface area contributed by atoms with Gasteiger partial charge in [0.25, 0.3) is 0 Å². The molecule has 0 radical (unpaired) electrons. The Labute approximate surface area is 323 Å². The van der Waals surface area contributed by atoms with Gasteiger partial charge in [0.15, 0.2) is 0 Å². The average Bonchev–Trinajstić information content (AvgIpc) is 3.70. The molecule has 7 aromatic carbocycles. The molecule has 3 nitrogen and oxygen atoms in total. The van der Waals surface area contributed by atoms with E-state index in [0.717, 1.165) is 28.0 Å². The molecule has 1 N–H and O–H groups in total. The molecule has 5 heteroatoms. The molecule has 1 atom stereocenters. The van der Waals surface area contributed by atoms with Crippen LogP contribution in [-0.4, -0.2) is 10.3 Å². The summed E-state index contributed by atoms with van der Waals surface area (Å²) < 4.78 is 2.42. The summed E-state index contributed by atoms with van der Waals surface area (Å²) in [7, 11) is 0. The maximum absolute atomic E-state index is 5.66. The Kier molecular flexibility index (Phi) is 7.14. The summed E-state index contributed by atoms with van der Waals surface area (Å²) >= 11 is 3.73. The molecular formula is C49H35N3S2. The Hall–Kier alpha value is -5.75. The molecule has 3 aliphatic rings. The highest BCUT2D eigenvalue weighted by atomic mass is 32.2. The molecule has 258 valence electrons. The minimum Gasteiger partial charge on any atom is -0.346 e. The number of nitrogens with zero attached hydrogens (tertiary/aromatic N) is 2. The van der Waals surface area contributed by atoms with E-state index in [1.807, 2.05) is 23.5 Å². The van der Waals surface area contributed by atoms with Gasteiger partial charge >= 0.3 is 0 Å². The highest BCUT2D eigenvalue weighted by molar-refractivity contribution is 8.05. The van der Waals surface area contributed by atoms with Gasteiger partial charge in [0.05, 0.1) is 16.7 Å². The third kappa shape index (κ3) is 4.88. The largest absolute Gasteiger partial charge is 0.346 e. The van der Waals surface area contributed by atoms with Crippen LogP contribution < -0.4 is 5.32 Å². The number of hydrogen-bond donors (Lipinski definition) is 1. The van der Waals surface area contributed by atoms with Crippen molar-refractivity contribution in [3.63, 3.8) is 0 Å². The number of aliphatic imine (C=N–C) groups is 1. The van der Waals surface area contributed by atoms with Crippen molar-refractivity contribution in [1.82, 2.24) is 9.88 Å². The summed E-state index contributed by atoms with van der Waals surface area (Å²) in [5, 5.41) is 8.94. The van der Waals surface area contributed by atoms with E-state index in [1.54, 1.807) is 0 Å². The smallest absolute Gasteiger partial charge is 0.201 e. The summed E-state index contributed by atoms with van der Waals surface area (Å²) in [5.41, 5.74) is 11.6. The minimum absolute atomic E-state index is 0.247. The first-order valence-electron chi connectivity index (χ1n) is 18.5. The molecule has 1 aromatic heterocycles. The molecular weight excluding hydrogens is 695 g/mol. The van der Waals surface area contributed by atoms with Gasteiger partial charge in [-0.1, -0.05) is 153 Å². The third-order valence-electron chi connectivity index (χ3n) is 11.3. The first-order chi connectivity index (χ1) is 26.5. The first-order valence-corrected chi connectivity index (χ1v) is 20.1. The van der Waals surface area contributed by atoms with Gasteiger partial charge in [-0.05, 0) is 81.6 Å². The average molecular weight is 730 g/mol. The van der Waals surface area contributed by atoms with E-state index in [-0.39, 0.29) is 11.7 Å². The predicted octanol–water partition coefficient (Wildman–Crippen LogP) is 13.2. The van der Waals surface area contributed by atoms with E-state index in [2.05, 4.69) is 188 Å². The van der Waals surface area contributed by atoms with Crippen molar-refractivity contribution < 1.29 is 0 Å². The SMILES string of the molecule is CC1(C)C(c2ccccc2)=CC2=C1C(c1ccccc1)=NC(n1c3ccc(-c4ccc5c(c4)Sc4ccccc4S5)cc3c3c4ccccc4ccc31)N2. The number of rotatable bonds is 4. The Morgan fingerprint density at radius 2 is 1.19 bits per heavy atom. The molecule has 54 heavy (non-hydrogen) atoms. The molecule has 0 fully saturated rings. The molecule has 0 bridgehead atoms. The lowest BCUT2D eigenvalue weighted by atomic mass is 9.74. The molecule has 11 rings (SSSR count). The van der Waals surface area contributed by atoms with Crippen LogP contribution >= 0.6 is 23.5 Å². The molecule has 8 aromatic rings. The van der Waals surface area contributed by atoms with E-state index in [1.165, 1.54) is 69.0 Å². The Morgan fingerprint density at radius 1 is 0.556 bits per heavy atom. The molecule has 0 amide bonds. The first kappa shape index (κ1) is 31.7. The van der Waals surface area contributed by atoms with Crippen molar-refractivity contribution in [3.8, 4) is 11.1 Å². The highest BCUT2D eigenvalue weighted by Crippen LogP contribution is 2.52. The molecule has 3 heterocycles. The molecule has 0 saturated heterocycles. The number of allylic oxidation sites excluding steroid dienone is 3. The minimum atomic E-state index is -0.356. The fraction of sp³-hybridized carbons (Fsp3) is 0.0816. The van der Waals surface area contributed by atoms with Gasteiger partial charge in [-0.15, -0.1) is 0 Å². The van der Waals surface area contributed by atoms with Crippen LogP contribution in [0.25, 0.3) is 49.3 Å². The predicted molar refractivity (Wildman–Crippen MR) is 227 cm³/mol. The van der Waals surface area contributed by atoms with Crippen LogP contribution in [-0.2, 0) is 0 Å². The number of benzene rings is 7. The maximum atomic E-state index is 5.66. The zero-order valence-corrected chi connectivity index (χ0v) is 31.5. The van der Waals surface area contributed by atoms with E-state index in [9.17, 15) is 0 Å². The topological polar surface area (TPSA) is 29.3 Å². The standard InChI is InChI=1S/C49H35N3S2/c1-49(2)37(31-14-5-3-6-15-31)29-38-46(49)47(32-16-7-4-8-17-32)51-48(50-38)52-39-24-22-33(27-36(39)45-35-18-10-9-13-30(35)21-25-40(45)52)34-23-26-43-44(28-34)54-42-20-12-11-19-41(42)53-43/h3-29,48,50H,1-2H3. The van der Waals surface area contributed by atoms with Gasteiger partial charge < -0.3 is 9.88 Å². The summed E-state index contributed by atoms with van der Waals surface area (Å²) in [6.07, 6.45) is 2.01.